The number of non-ortho nitro benzene ring substituents is 1. The lowest BCUT2D eigenvalue weighted by atomic mass is 10.1. The second-order valence-electron chi connectivity index (χ2n) is 3.33. The Hall–Kier alpha value is -1.42. The third-order valence-electron chi connectivity index (χ3n) is 2.00. The van der Waals surface area contributed by atoms with E-state index in [1.807, 2.05) is 13.0 Å². The molecule has 0 saturated carbocycles. The van der Waals surface area contributed by atoms with Crippen LogP contribution >= 0.6 is 0 Å². The van der Waals surface area contributed by atoms with Crippen molar-refractivity contribution in [2.24, 2.45) is 5.73 Å². The molecule has 0 spiro atoms. The van der Waals surface area contributed by atoms with Crippen molar-refractivity contribution in [1.29, 1.82) is 0 Å². The molecular formula is C10H14N2O2. The topological polar surface area (TPSA) is 69.2 Å². The zero-order valence-corrected chi connectivity index (χ0v) is 8.19. The summed E-state index contributed by atoms with van der Waals surface area (Å²) in [6.07, 6.45) is 1.67. The van der Waals surface area contributed by atoms with Crippen LogP contribution in [-0.2, 0) is 6.42 Å². The number of nitro benzene ring substituents is 1. The number of hydrogen-bond acceptors (Lipinski definition) is 3. The lowest BCUT2D eigenvalue weighted by molar-refractivity contribution is -0.385. The average molecular weight is 194 g/mol. The zero-order valence-electron chi connectivity index (χ0n) is 8.19. The molecule has 0 unspecified atom stereocenters. The first-order chi connectivity index (χ1) is 6.63. The second kappa shape index (κ2) is 4.72. The van der Waals surface area contributed by atoms with E-state index in [9.17, 15) is 10.1 Å². The van der Waals surface area contributed by atoms with Gasteiger partial charge in [-0.1, -0.05) is 6.07 Å². The molecule has 0 amide bonds. The molecule has 76 valence electrons. The summed E-state index contributed by atoms with van der Waals surface area (Å²) in [4.78, 5) is 10.2. The highest BCUT2D eigenvalue weighted by Gasteiger charge is 2.07. The second-order valence-corrected chi connectivity index (χ2v) is 3.33. The molecule has 0 fully saturated rings. The maximum absolute atomic E-state index is 10.6. The number of hydrogen-bond donors (Lipinski definition) is 1. The predicted molar refractivity (Wildman–Crippen MR) is 55.2 cm³/mol. The number of nitrogens with zero attached hydrogens (tertiary/aromatic N) is 1. The third-order valence-corrected chi connectivity index (χ3v) is 2.00. The van der Waals surface area contributed by atoms with Crippen LogP contribution in [0.1, 0.15) is 17.5 Å². The van der Waals surface area contributed by atoms with E-state index in [4.69, 9.17) is 5.73 Å². The molecule has 0 aromatic heterocycles. The molecule has 1 aromatic rings. The highest BCUT2D eigenvalue weighted by Crippen LogP contribution is 2.17. The lowest BCUT2D eigenvalue weighted by Crippen LogP contribution is -2.01. The van der Waals surface area contributed by atoms with E-state index < -0.39 is 0 Å². The summed E-state index contributed by atoms with van der Waals surface area (Å²) in [5, 5.41) is 10.6. The SMILES string of the molecule is Cc1cc(CCCN)cc([N+](=O)[O-])c1. The molecule has 2 N–H and O–H groups in total. The minimum atomic E-state index is -0.362. The fraction of sp³-hybridized carbons (Fsp3) is 0.400. The Morgan fingerprint density at radius 3 is 2.71 bits per heavy atom. The Labute approximate surface area is 82.9 Å². The number of aryl methyl sites for hydroxylation is 2. The Kier molecular flexibility index (Phi) is 3.59. The van der Waals surface area contributed by atoms with Crippen molar-refractivity contribution < 1.29 is 4.92 Å². The van der Waals surface area contributed by atoms with Crippen LogP contribution in [0, 0.1) is 17.0 Å². The molecule has 0 heterocycles. The van der Waals surface area contributed by atoms with Gasteiger partial charge >= 0.3 is 0 Å². The Morgan fingerprint density at radius 1 is 1.43 bits per heavy atom. The third kappa shape index (κ3) is 2.81. The summed E-state index contributed by atoms with van der Waals surface area (Å²) < 4.78 is 0. The van der Waals surface area contributed by atoms with Gasteiger partial charge in [0.25, 0.3) is 5.69 Å². The van der Waals surface area contributed by atoms with Gasteiger partial charge in [-0.3, -0.25) is 10.1 Å². The smallest absolute Gasteiger partial charge is 0.269 e. The summed E-state index contributed by atoms with van der Waals surface area (Å²) >= 11 is 0. The molecule has 14 heavy (non-hydrogen) atoms. The fourth-order valence-electron chi connectivity index (χ4n) is 1.40. The lowest BCUT2D eigenvalue weighted by Gasteiger charge is -2.01. The van der Waals surface area contributed by atoms with Gasteiger partial charge in [-0.05, 0) is 37.4 Å². The standard InChI is InChI=1S/C10H14N2O2/c1-8-5-9(3-2-4-11)7-10(6-8)12(13)14/h5-7H,2-4,11H2,1H3. The van der Waals surface area contributed by atoms with Crippen molar-refractivity contribution in [2.75, 3.05) is 6.54 Å². The van der Waals surface area contributed by atoms with Crippen LogP contribution < -0.4 is 5.73 Å². The van der Waals surface area contributed by atoms with Crippen molar-refractivity contribution >= 4 is 5.69 Å². The molecule has 0 aliphatic rings. The van der Waals surface area contributed by atoms with Crippen LogP contribution in [0.5, 0.6) is 0 Å². The quantitative estimate of drug-likeness (QED) is 0.586. The van der Waals surface area contributed by atoms with Gasteiger partial charge in [0.05, 0.1) is 4.92 Å². The molecule has 4 nitrogen and oxygen atoms in total. The molecular weight excluding hydrogens is 180 g/mol. The molecule has 0 aliphatic heterocycles. The van der Waals surface area contributed by atoms with E-state index in [-0.39, 0.29) is 10.6 Å². The first-order valence-electron chi connectivity index (χ1n) is 4.58. The molecule has 1 aromatic carbocycles. The van der Waals surface area contributed by atoms with Crippen LogP contribution in [0.3, 0.4) is 0 Å². The summed E-state index contributed by atoms with van der Waals surface area (Å²) in [5.41, 5.74) is 7.45. The number of benzene rings is 1. The van der Waals surface area contributed by atoms with Crippen LogP contribution in [0.25, 0.3) is 0 Å². The maximum atomic E-state index is 10.6. The van der Waals surface area contributed by atoms with Crippen molar-refractivity contribution in [3.8, 4) is 0 Å². The van der Waals surface area contributed by atoms with Crippen molar-refractivity contribution in [3.63, 3.8) is 0 Å². The van der Waals surface area contributed by atoms with E-state index in [1.165, 1.54) is 0 Å². The molecule has 0 radical (unpaired) electrons. The van der Waals surface area contributed by atoms with Crippen LogP contribution in [-0.4, -0.2) is 11.5 Å². The Morgan fingerprint density at radius 2 is 2.14 bits per heavy atom. The van der Waals surface area contributed by atoms with Gasteiger partial charge < -0.3 is 5.73 Å². The first-order valence-corrected chi connectivity index (χ1v) is 4.58. The largest absolute Gasteiger partial charge is 0.330 e. The minimum Gasteiger partial charge on any atom is -0.330 e. The van der Waals surface area contributed by atoms with E-state index >= 15 is 0 Å². The maximum Gasteiger partial charge on any atom is 0.269 e. The van der Waals surface area contributed by atoms with Gasteiger partial charge in [-0.15, -0.1) is 0 Å². The Bertz CT molecular complexity index is 337. The zero-order chi connectivity index (χ0) is 10.6. The van der Waals surface area contributed by atoms with Crippen LogP contribution in [0.15, 0.2) is 18.2 Å². The summed E-state index contributed by atoms with van der Waals surface area (Å²) in [5.74, 6) is 0. The molecule has 4 heteroatoms. The molecule has 0 aliphatic carbocycles. The monoisotopic (exact) mass is 194 g/mol. The van der Waals surface area contributed by atoms with Gasteiger partial charge in [0.1, 0.15) is 0 Å². The van der Waals surface area contributed by atoms with E-state index in [0.29, 0.717) is 6.54 Å². The predicted octanol–water partition coefficient (Wildman–Crippen LogP) is 1.79. The van der Waals surface area contributed by atoms with E-state index in [1.54, 1.807) is 12.1 Å². The van der Waals surface area contributed by atoms with Gasteiger partial charge in [-0.25, -0.2) is 0 Å². The van der Waals surface area contributed by atoms with Gasteiger partial charge in [0.15, 0.2) is 0 Å². The fourth-order valence-corrected chi connectivity index (χ4v) is 1.40. The minimum absolute atomic E-state index is 0.164. The Balaban J connectivity index is 2.89. The number of nitrogens with two attached hydrogens (primary N) is 1. The number of rotatable bonds is 4. The highest BCUT2D eigenvalue weighted by atomic mass is 16.6. The van der Waals surface area contributed by atoms with Crippen LogP contribution in [0.4, 0.5) is 5.69 Å². The summed E-state index contributed by atoms with van der Waals surface area (Å²) in [6.45, 7) is 2.47. The van der Waals surface area contributed by atoms with Crippen molar-refractivity contribution in [1.82, 2.24) is 0 Å². The van der Waals surface area contributed by atoms with Gasteiger partial charge in [0.2, 0.25) is 0 Å². The van der Waals surface area contributed by atoms with Gasteiger partial charge in [0, 0.05) is 12.1 Å². The van der Waals surface area contributed by atoms with E-state index in [0.717, 1.165) is 24.0 Å². The van der Waals surface area contributed by atoms with Crippen LogP contribution in [0.2, 0.25) is 0 Å². The van der Waals surface area contributed by atoms with Crippen molar-refractivity contribution in [2.45, 2.75) is 19.8 Å². The highest BCUT2D eigenvalue weighted by molar-refractivity contribution is 5.38. The van der Waals surface area contributed by atoms with Gasteiger partial charge in [-0.2, -0.15) is 0 Å². The normalized spacial score (nSPS) is 10.1. The summed E-state index contributed by atoms with van der Waals surface area (Å²) in [7, 11) is 0. The summed E-state index contributed by atoms with van der Waals surface area (Å²) in [6, 6.07) is 5.15. The first kappa shape index (κ1) is 10.7. The number of nitro groups is 1. The molecule has 1 rings (SSSR count). The van der Waals surface area contributed by atoms with Crippen molar-refractivity contribution in [3.05, 3.63) is 39.4 Å². The average Bonchev–Trinajstić information content (AvgIpc) is 2.14. The molecule has 0 saturated heterocycles. The molecule has 0 bridgehead atoms. The molecule has 0 atom stereocenters. The van der Waals surface area contributed by atoms with E-state index in [2.05, 4.69) is 0 Å².